The van der Waals surface area contributed by atoms with Crippen LogP contribution >= 0.6 is 11.6 Å². The molecule has 0 aliphatic carbocycles. The fourth-order valence-corrected chi connectivity index (χ4v) is 2.71. The third-order valence-corrected chi connectivity index (χ3v) is 3.95. The molecule has 2 N–H and O–H groups in total. The molecule has 0 spiro atoms. The summed E-state index contributed by atoms with van der Waals surface area (Å²) in [4.78, 5) is 0. The quantitative estimate of drug-likeness (QED) is 0.922. The van der Waals surface area contributed by atoms with Gasteiger partial charge < -0.3 is 14.5 Å². The topological polar surface area (TPSA) is 39.0 Å². The summed E-state index contributed by atoms with van der Waals surface area (Å²) < 4.78 is 24.5. The average Bonchev–Trinajstić information content (AvgIpc) is 3.13. The maximum absolute atomic E-state index is 13.2. The Kier molecular flexibility index (Phi) is 4.58. The van der Waals surface area contributed by atoms with Gasteiger partial charge in [-0.1, -0.05) is 11.6 Å². The van der Waals surface area contributed by atoms with Gasteiger partial charge in [0.15, 0.2) is 5.76 Å². The van der Waals surface area contributed by atoms with E-state index in [1.807, 2.05) is 12.1 Å². The van der Waals surface area contributed by atoms with Gasteiger partial charge in [-0.25, -0.2) is 4.39 Å². The van der Waals surface area contributed by atoms with Gasteiger partial charge in [0.05, 0.1) is 5.02 Å². The summed E-state index contributed by atoms with van der Waals surface area (Å²) >= 11 is 5.79. The Morgan fingerprint density at radius 3 is 2.95 bits per heavy atom. The second kappa shape index (κ2) is 6.60. The minimum atomic E-state index is -0.419. The van der Waals surface area contributed by atoms with Gasteiger partial charge in [0, 0.05) is 12.2 Å². The number of hydrogen-bond acceptors (Lipinski definition) is 2. The summed E-state index contributed by atoms with van der Waals surface area (Å²) in [6, 6.07) is 8.43. The van der Waals surface area contributed by atoms with Gasteiger partial charge in [0.25, 0.3) is 0 Å². The number of rotatable bonds is 5. The molecule has 0 unspecified atom stereocenters. The smallest absolute Gasteiger partial charge is 0.158 e. The summed E-state index contributed by atoms with van der Waals surface area (Å²) in [6.45, 7) is 2.61. The Morgan fingerprint density at radius 1 is 1.29 bits per heavy atom. The molecule has 1 aromatic carbocycles. The second-order valence-corrected chi connectivity index (χ2v) is 5.67. The van der Waals surface area contributed by atoms with Crippen LogP contribution in [0, 0.1) is 5.82 Å². The van der Waals surface area contributed by atoms with E-state index < -0.39 is 5.82 Å². The molecular formula is C16H18ClFNO2+. The third-order valence-electron chi connectivity index (χ3n) is 3.66. The highest BCUT2D eigenvalue weighted by Gasteiger charge is 2.17. The number of nitrogens with two attached hydrogens (primary N) is 1. The highest BCUT2D eigenvalue weighted by atomic mass is 35.5. The molecule has 0 saturated carbocycles. The highest BCUT2D eigenvalue weighted by Crippen LogP contribution is 2.26. The van der Waals surface area contributed by atoms with Gasteiger partial charge in [0.1, 0.15) is 30.8 Å². The van der Waals surface area contributed by atoms with Crippen LogP contribution in [0.3, 0.4) is 0 Å². The first-order chi connectivity index (χ1) is 10.2. The average molecular weight is 311 g/mol. The van der Waals surface area contributed by atoms with Crippen molar-refractivity contribution in [1.82, 2.24) is 0 Å². The van der Waals surface area contributed by atoms with Crippen LogP contribution in [-0.2, 0) is 11.3 Å². The van der Waals surface area contributed by atoms with Crippen molar-refractivity contribution in [3.63, 3.8) is 0 Å². The molecule has 1 fully saturated rings. The van der Waals surface area contributed by atoms with Crippen molar-refractivity contribution in [1.29, 1.82) is 0 Å². The fraction of sp³-hybridized carbons (Fsp3) is 0.375. The summed E-state index contributed by atoms with van der Waals surface area (Å²) in [7, 11) is 0. The zero-order valence-electron chi connectivity index (χ0n) is 11.6. The van der Waals surface area contributed by atoms with Crippen molar-refractivity contribution < 1.29 is 18.9 Å². The van der Waals surface area contributed by atoms with Gasteiger partial charge in [-0.15, -0.1) is 0 Å². The standard InChI is InChI=1S/C16H17ClFNO2/c17-14-8-11(3-5-15(14)18)16-6-4-13(21-16)10-19-9-12-2-1-7-20-12/h3-6,8,12,19H,1-2,7,9-10H2/p+1/t12-/m0/s1. The number of hydrogen-bond donors (Lipinski definition) is 1. The largest absolute Gasteiger partial charge is 0.455 e. The van der Waals surface area contributed by atoms with Gasteiger partial charge >= 0.3 is 0 Å². The lowest BCUT2D eigenvalue weighted by atomic mass is 10.2. The highest BCUT2D eigenvalue weighted by molar-refractivity contribution is 6.31. The molecule has 2 aromatic rings. The molecule has 3 rings (SSSR count). The zero-order chi connectivity index (χ0) is 14.7. The van der Waals surface area contributed by atoms with Crippen molar-refractivity contribution in [3.8, 4) is 11.3 Å². The summed E-state index contributed by atoms with van der Waals surface area (Å²) in [5.74, 6) is 1.18. The molecule has 5 heteroatoms. The number of benzene rings is 1. The predicted molar refractivity (Wildman–Crippen MR) is 78.6 cm³/mol. The van der Waals surface area contributed by atoms with Crippen molar-refractivity contribution >= 4 is 11.6 Å². The lowest BCUT2D eigenvalue weighted by molar-refractivity contribution is -0.677. The minimum Gasteiger partial charge on any atom is -0.455 e. The predicted octanol–water partition coefficient (Wildman–Crippen LogP) is 2.98. The zero-order valence-corrected chi connectivity index (χ0v) is 12.4. The van der Waals surface area contributed by atoms with Gasteiger partial charge in [0.2, 0.25) is 0 Å². The van der Waals surface area contributed by atoms with Gasteiger partial charge in [-0.05, 0) is 43.2 Å². The molecule has 1 atom stereocenters. The molecule has 21 heavy (non-hydrogen) atoms. The van der Waals surface area contributed by atoms with E-state index in [1.165, 1.54) is 6.07 Å². The molecule has 1 aliphatic rings. The van der Waals surface area contributed by atoms with Crippen LogP contribution in [0.25, 0.3) is 11.3 Å². The van der Waals surface area contributed by atoms with E-state index >= 15 is 0 Å². The van der Waals surface area contributed by atoms with Crippen LogP contribution in [-0.4, -0.2) is 19.3 Å². The Bertz CT molecular complexity index is 608. The number of halogens is 2. The van der Waals surface area contributed by atoms with Crippen molar-refractivity contribution in [2.24, 2.45) is 0 Å². The van der Waals surface area contributed by atoms with Crippen LogP contribution < -0.4 is 5.32 Å². The Morgan fingerprint density at radius 2 is 2.19 bits per heavy atom. The normalized spacial score (nSPS) is 18.3. The number of quaternary nitrogens is 1. The molecule has 1 aliphatic heterocycles. The maximum Gasteiger partial charge on any atom is 0.158 e. The molecule has 2 heterocycles. The van der Waals surface area contributed by atoms with E-state index in [-0.39, 0.29) is 5.02 Å². The van der Waals surface area contributed by atoms with Gasteiger partial charge in [-0.2, -0.15) is 0 Å². The lowest BCUT2D eigenvalue weighted by Gasteiger charge is -2.06. The summed E-state index contributed by atoms with van der Waals surface area (Å²) in [5, 5.41) is 2.30. The van der Waals surface area contributed by atoms with Crippen LogP contribution in [0.4, 0.5) is 4.39 Å². The minimum absolute atomic E-state index is 0.107. The van der Waals surface area contributed by atoms with E-state index in [9.17, 15) is 4.39 Å². The molecular weight excluding hydrogens is 293 g/mol. The first kappa shape index (κ1) is 14.6. The van der Waals surface area contributed by atoms with Crippen molar-refractivity contribution in [3.05, 3.63) is 46.9 Å². The first-order valence-electron chi connectivity index (χ1n) is 7.20. The fourth-order valence-electron chi connectivity index (χ4n) is 2.53. The number of ether oxygens (including phenoxy) is 1. The van der Waals surface area contributed by atoms with E-state index in [4.69, 9.17) is 20.8 Å². The molecule has 1 aromatic heterocycles. The lowest BCUT2D eigenvalue weighted by Crippen LogP contribution is -2.84. The van der Waals surface area contributed by atoms with E-state index in [1.54, 1.807) is 12.1 Å². The molecule has 0 amide bonds. The third kappa shape index (κ3) is 3.64. The summed E-state index contributed by atoms with van der Waals surface area (Å²) in [5.41, 5.74) is 0.784. The monoisotopic (exact) mass is 310 g/mol. The molecule has 0 bridgehead atoms. The first-order valence-corrected chi connectivity index (χ1v) is 7.57. The van der Waals surface area contributed by atoms with E-state index in [2.05, 4.69) is 5.32 Å². The van der Waals surface area contributed by atoms with Crippen LogP contribution in [0.15, 0.2) is 34.7 Å². The SMILES string of the molecule is Fc1ccc(-c2ccc(C[NH2+]C[C@@H]3CCCO3)o2)cc1Cl. The van der Waals surface area contributed by atoms with Crippen molar-refractivity contribution in [2.75, 3.05) is 13.2 Å². The van der Waals surface area contributed by atoms with Crippen LogP contribution in [0.2, 0.25) is 5.02 Å². The molecule has 0 radical (unpaired) electrons. The molecule has 3 nitrogen and oxygen atoms in total. The molecule has 1 saturated heterocycles. The Hall–Kier alpha value is -1.36. The van der Waals surface area contributed by atoms with Crippen molar-refractivity contribution in [2.45, 2.75) is 25.5 Å². The van der Waals surface area contributed by atoms with E-state index in [0.29, 0.717) is 11.9 Å². The Balaban J connectivity index is 1.58. The maximum atomic E-state index is 13.2. The van der Waals surface area contributed by atoms with Crippen LogP contribution in [0.1, 0.15) is 18.6 Å². The Labute approximate surface area is 128 Å². The summed E-state index contributed by atoms with van der Waals surface area (Å²) in [6.07, 6.45) is 2.68. The molecule has 112 valence electrons. The van der Waals surface area contributed by atoms with Crippen LogP contribution in [0.5, 0.6) is 0 Å². The van der Waals surface area contributed by atoms with Gasteiger partial charge in [-0.3, -0.25) is 0 Å². The van der Waals surface area contributed by atoms with E-state index in [0.717, 1.165) is 43.9 Å². The number of furan rings is 1. The second-order valence-electron chi connectivity index (χ2n) is 5.26.